The number of nitrogens with two attached hydrogens (primary N) is 1. The van der Waals surface area contributed by atoms with E-state index in [-0.39, 0.29) is 0 Å². The van der Waals surface area contributed by atoms with Gasteiger partial charge in [-0.2, -0.15) is 0 Å². The first-order chi connectivity index (χ1) is 8.57. The molecule has 0 unspecified atom stereocenters. The lowest BCUT2D eigenvalue weighted by atomic mass is 9.72. The molecule has 2 rings (SSSR count). The number of benzene rings is 1. The van der Waals surface area contributed by atoms with Crippen LogP contribution in [0.1, 0.15) is 24.8 Å². The second kappa shape index (κ2) is 4.86. The van der Waals surface area contributed by atoms with Crippen molar-refractivity contribution in [3.05, 3.63) is 16.7 Å². The molecule has 18 heavy (non-hydrogen) atoms. The van der Waals surface area contributed by atoms with Gasteiger partial charge in [-0.3, -0.25) is 0 Å². The molecular formula is C13H18ClNO3. The van der Waals surface area contributed by atoms with Crippen molar-refractivity contribution in [2.45, 2.75) is 24.8 Å². The van der Waals surface area contributed by atoms with Gasteiger partial charge in [0.25, 0.3) is 0 Å². The summed E-state index contributed by atoms with van der Waals surface area (Å²) in [5, 5.41) is 0.562. The summed E-state index contributed by atoms with van der Waals surface area (Å²) in [6.07, 6.45) is 2.90. The van der Waals surface area contributed by atoms with Crippen molar-refractivity contribution in [2.75, 3.05) is 21.3 Å². The molecule has 1 aromatic carbocycles. The van der Waals surface area contributed by atoms with Crippen LogP contribution in [0, 0.1) is 0 Å². The number of halogens is 1. The van der Waals surface area contributed by atoms with Gasteiger partial charge in [0, 0.05) is 17.2 Å². The standard InChI is InChI=1S/C13H18ClNO3/c1-16-9-7-8(14)10(13(15)5-4-6-13)12(18-3)11(9)17-2/h7H,4-6,15H2,1-3H3. The van der Waals surface area contributed by atoms with E-state index in [1.165, 1.54) is 0 Å². The Balaban J connectivity index is 2.64. The largest absolute Gasteiger partial charge is 0.493 e. The van der Waals surface area contributed by atoms with Crippen LogP contribution in [0.4, 0.5) is 0 Å². The average molecular weight is 272 g/mol. The van der Waals surface area contributed by atoms with Gasteiger partial charge in [-0.1, -0.05) is 11.6 Å². The second-order valence-electron chi connectivity index (χ2n) is 4.51. The van der Waals surface area contributed by atoms with Crippen LogP contribution < -0.4 is 19.9 Å². The van der Waals surface area contributed by atoms with E-state index in [9.17, 15) is 0 Å². The van der Waals surface area contributed by atoms with Gasteiger partial charge in [0.2, 0.25) is 5.75 Å². The van der Waals surface area contributed by atoms with E-state index < -0.39 is 5.54 Å². The van der Waals surface area contributed by atoms with Gasteiger partial charge in [-0.05, 0) is 19.3 Å². The van der Waals surface area contributed by atoms with E-state index in [0.717, 1.165) is 24.8 Å². The quantitative estimate of drug-likeness (QED) is 0.915. The number of ether oxygens (including phenoxy) is 3. The highest BCUT2D eigenvalue weighted by atomic mass is 35.5. The minimum absolute atomic E-state index is 0.415. The molecule has 1 aliphatic carbocycles. The summed E-state index contributed by atoms with van der Waals surface area (Å²) in [7, 11) is 4.72. The molecule has 0 saturated heterocycles. The molecule has 0 aromatic heterocycles. The zero-order chi connectivity index (χ0) is 13.3. The fourth-order valence-corrected chi connectivity index (χ4v) is 2.77. The Kier molecular flexibility index (Phi) is 3.59. The third kappa shape index (κ3) is 1.89. The van der Waals surface area contributed by atoms with Crippen LogP contribution in [0.2, 0.25) is 5.02 Å². The van der Waals surface area contributed by atoms with Crippen molar-refractivity contribution < 1.29 is 14.2 Å². The summed E-state index contributed by atoms with van der Waals surface area (Å²) in [5.41, 5.74) is 6.76. The maximum Gasteiger partial charge on any atom is 0.203 e. The molecule has 4 nitrogen and oxygen atoms in total. The Labute approximate surface area is 112 Å². The van der Waals surface area contributed by atoms with Gasteiger partial charge < -0.3 is 19.9 Å². The number of hydrogen-bond acceptors (Lipinski definition) is 4. The lowest BCUT2D eigenvalue weighted by Crippen LogP contribution is -2.43. The maximum absolute atomic E-state index is 6.36. The molecular weight excluding hydrogens is 254 g/mol. The van der Waals surface area contributed by atoms with E-state index in [0.29, 0.717) is 22.3 Å². The van der Waals surface area contributed by atoms with E-state index in [1.807, 2.05) is 0 Å². The second-order valence-corrected chi connectivity index (χ2v) is 4.92. The van der Waals surface area contributed by atoms with Gasteiger partial charge >= 0.3 is 0 Å². The van der Waals surface area contributed by atoms with Gasteiger partial charge in [0.1, 0.15) is 0 Å². The Hall–Kier alpha value is -1.13. The van der Waals surface area contributed by atoms with Crippen molar-refractivity contribution in [1.82, 2.24) is 0 Å². The molecule has 0 radical (unpaired) electrons. The molecule has 0 atom stereocenters. The minimum atomic E-state index is -0.415. The zero-order valence-corrected chi connectivity index (χ0v) is 11.6. The molecule has 0 spiro atoms. The van der Waals surface area contributed by atoms with Crippen LogP contribution in [0.3, 0.4) is 0 Å². The van der Waals surface area contributed by atoms with E-state index in [4.69, 9.17) is 31.5 Å². The normalized spacial score (nSPS) is 16.9. The van der Waals surface area contributed by atoms with Crippen LogP contribution in [0.15, 0.2) is 6.07 Å². The molecule has 0 amide bonds. The summed E-state index contributed by atoms with van der Waals surface area (Å²) >= 11 is 6.32. The Bertz CT molecular complexity index is 458. The van der Waals surface area contributed by atoms with Crippen LogP contribution in [-0.2, 0) is 5.54 Å². The van der Waals surface area contributed by atoms with E-state index >= 15 is 0 Å². The average Bonchev–Trinajstić information content (AvgIpc) is 2.34. The third-order valence-electron chi connectivity index (χ3n) is 3.53. The van der Waals surface area contributed by atoms with Gasteiger partial charge in [0.15, 0.2) is 11.5 Å². The van der Waals surface area contributed by atoms with E-state index in [2.05, 4.69) is 0 Å². The minimum Gasteiger partial charge on any atom is -0.493 e. The smallest absolute Gasteiger partial charge is 0.203 e. The summed E-state index contributed by atoms with van der Waals surface area (Å²) in [6, 6.07) is 1.73. The summed E-state index contributed by atoms with van der Waals surface area (Å²) in [6.45, 7) is 0. The summed E-state index contributed by atoms with van der Waals surface area (Å²) in [5.74, 6) is 1.66. The fraction of sp³-hybridized carbons (Fsp3) is 0.538. The summed E-state index contributed by atoms with van der Waals surface area (Å²) in [4.78, 5) is 0. The first-order valence-electron chi connectivity index (χ1n) is 5.85. The van der Waals surface area contributed by atoms with Gasteiger partial charge in [-0.15, -0.1) is 0 Å². The highest BCUT2D eigenvalue weighted by Gasteiger charge is 2.40. The van der Waals surface area contributed by atoms with Crippen molar-refractivity contribution >= 4 is 11.6 Å². The van der Waals surface area contributed by atoms with Crippen molar-refractivity contribution in [1.29, 1.82) is 0 Å². The van der Waals surface area contributed by atoms with Crippen molar-refractivity contribution in [3.8, 4) is 17.2 Å². The van der Waals surface area contributed by atoms with Crippen LogP contribution in [-0.4, -0.2) is 21.3 Å². The highest BCUT2D eigenvalue weighted by Crippen LogP contribution is 2.52. The van der Waals surface area contributed by atoms with Gasteiger partial charge in [-0.25, -0.2) is 0 Å². The van der Waals surface area contributed by atoms with Crippen LogP contribution >= 0.6 is 11.6 Å². The third-order valence-corrected chi connectivity index (χ3v) is 3.82. The predicted octanol–water partition coefficient (Wildman–Crippen LogP) is 2.70. The van der Waals surface area contributed by atoms with Crippen LogP contribution in [0.25, 0.3) is 0 Å². The van der Waals surface area contributed by atoms with E-state index in [1.54, 1.807) is 27.4 Å². The Morgan fingerprint density at radius 2 is 1.72 bits per heavy atom. The SMILES string of the molecule is COc1cc(Cl)c(C2(N)CCC2)c(OC)c1OC. The molecule has 1 fully saturated rings. The van der Waals surface area contributed by atoms with Crippen molar-refractivity contribution in [2.24, 2.45) is 5.73 Å². The Morgan fingerprint density at radius 3 is 2.11 bits per heavy atom. The molecule has 1 aromatic rings. The molecule has 100 valence electrons. The predicted molar refractivity (Wildman–Crippen MR) is 70.8 cm³/mol. The fourth-order valence-electron chi connectivity index (χ4n) is 2.40. The maximum atomic E-state index is 6.36. The molecule has 0 heterocycles. The first-order valence-corrected chi connectivity index (χ1v) is 6.23. The van der Waals surface area contributed by atoms with Crippen molar-refractivity contribution in [3.63, 3.8) is 0 Å². The molecule has 2 N–H and O–H groups in total. The highest BCUT2D eigenvalue weighted by molar-refractivity contribution is 6.32. The number of hydrogen-bond donors (Lipinski definition) is 1. The topological polar surface area (TPSA) is 53.7 Å². The molecule has 0 aliphatic heterocycles. The lowest BCUT2D eigenvalue weighted by Gasteiger charge is -2.40. The number of rotatable bonds is 4. The number of methoxy groups -OCH3 is 3. The monoisotopic (exact) mass is 271 g/mol. The molecule has 1 saturated carbocycles. The lowest BCUT2D eigenvalue weighted by molar-refractivity contribution is 0.238. The summed E-state index contributed by atoms with van der Waals surface area (Å²) < 4.78 is 16.0. The molecule has 0 bridgehead atoms. The van der Waals surface area contributed by atoms with Gasteiger partial charge in [0.05, 0.1) is 26.4 Å². The molecule has 1 aliphatic rings. The first kappa shape index (κ1) is 13.3. The zero-order valence-electron chi connectivity index (χ0n) is 10.9. The van der Waals surface area contributed by atoms with Crippen LogP contribution in [0.5, 0.6) is 17.2 Å². The molecule has 5 heteroatoms. The Morgan fingerprint density at radius 1 is 1.11 bits per heavy atom.